The van der Waals surface area contributed by atoms with Crippen molar-refractivity contribution >= 4 is 40.7 Å². The number of hydrogen-bond acceptors (Lipinski definition) is 6. The van der Waals surface area contributed by atoms with Crippen molar-refractivity contribution < 1.29 is 4.79 Å². The molecule has 2 atom stereocenters. The normalized spacial score (nSPS) is 25.8. The van der Waals surface area contributed by atoms with Crippen LogP contribution in [0.5, 0.6) is 0 Å². The van der Waals surface area contributed by atoms with Gasteiger partial charge in [0, 0.05) is 43.0 Å². The van der Waals surface area contributed by atoms with Crippen LogP contribution in [0.4, 0.5) is 11.8 Å². The molecular formula is C18H24N6OS. The fraction of sp³-hybridized carbons (Fsp3) is 0.611. The maximum absolute atomic E-state index is 12.1. The second kappa shape index (κ2) is 6.42. The zero-order chi connectivity index (χ0) is 17.7. The van der Waals surface area contributed by atoms with Gasteiger partial charge in [-0.25, -0.2) is 4.31 Å². The van der Waals surface area contributed by atoms with Crippen LogP contribution in [-0.2, 0) is 4.79 Å². The van der Waals surface area contributed by atoms with Crippen molar-refractivity contribution in [3.63, 3.8) is 0 Å². The van der Waals surface area contributed by atoms with Gasteiger partial charge >= 0.3 is 0 Å². The van der Waals surface area contributed by atoms with Crippen LogP contribution in [0.15, 0.2) is 12.3 Å². The predicted molar refractivity (Wildman–Crippen MR) is 104 cm³/mol. The molecule has 4 heterocycles. The van der Waals surface area contributed by atoms with E-state index in [9.17, 15) is 4.79 Å². The largest absolute Gasteiger partial charge is 0.353 e. The molecule has 138 valence electrons. The van der Waals surface area contributed by atoms with Gasteiger partial charge in [0.05, 0.1) is 5.39 Å². The van der Waals surface area contributed by atoms with Gasteiger partial charge in [-0.05, 0) is 31.7 Å². The fourth-order valence-electron chi connectivity index (χ4n) is 4.18. The Morgan fingerprint density at radius 2 is 2.04 bits per heavy atom. The van der Waals surface area contributed by atoms with Crippen molar-refractivity contribution in [1.82, 2.24) is 19.3 Å². The summed E-state index contributed by atoms with van der Waals surface area (Å²) in [5.41, 5.74) is 0.791. The van der Waals surface area contributed by atoms with Crippen LogP contribution in [0.2, 0.25) is 0 Å². The lowest BCUT2D eigenvalue weighted by atomic mass is 10.2. The summed E-state index contributed by atoms with van der Waals surface area (Å²) in [7, 11) is 0. The number of nitrogens with one attached hydrogen (secondary N) is 2. The molecule has 8 heteroatoms. The average molecular weight is 372 g/mol. The van der Waals surface area contributed by atoms with Gasteiger partial charge in [-0.1, -0.05) is 18.9 Å². The molecule has 1 aliphatic carbocycles. The number of anilines is 2. The van der Waals surface area contributed by atoms with Crippen LogP contribution < -0.4 is 10.2 Å². The van der Waals surface area contributed by atoms with Crippen LogP contribution >= 0.6 is 11.9 Å². The molecule has 3 fully saturated rings. The van der Waals surface area contributed by atoms with Crippen LogP contribution in [0.1, 0.15) is 32.6 Å². The number of rotatable bonds is 5. The van der Waals surface area contributed by atoms with Gasteiger partial charge in [-0.2, -0.15) is 9.97 Å². The number of hydrogen-bond donors (Lipinski definition) is 2. The van der Waals surface area contributed by atoms with E-state index in [0.29, 0.717) is 18.0 Å². The Kier molecular flexibility index (Phi) is 4.04. The van der Waals surface area contributed by atoms with Gasteiger partial charge in [-0.15, -0.1) is 0 Å². The zero-order valence-electron chi connectivity index (χ0n) is 14.9. The number of carbonyl (C=O) groups is 1. The second-order valence-electron chi connectivity index (χ2n) is 7.44. The average Bonchev–Trinajstić information content (AvgIpc) is 3.34. The van der Waals surface area contributed by atoms with E-state index in [-0.39, 0.29) is 11.8 Å². The maximum atomic E-state index is 12.1. The third kappa shape index (κ3) is 2.85. The molecular weight excluding hydrogens is 348 g/mol. The number of piperazine rings is 1. The summed E-state index contributed by atoms with van der Waals surface area (Å²) in [5, 5.41) is 3.94. The molecule has 2 N–H and O–H groups in total. The molecule has 0 aromatic carbocycles. The molecule has 2 unspecified atom stereocenters. The summed E-state index contributed by atoms with van der Waals surface area (Å²) < 4.78 is 2.60. The SMILES string of the molecule is CCSN1C2CCC1CN(c1nc(NC(=O)C3CC3)nc3[nH]ccc13)C2. The van der Waals surface area contributed by atoms with E-state index in [0.717, 1.165) is 48.5 Å². The minimum absolute atomic E-state index is 0.0473. The Morgan fingerprint density at radius 3 is 2.73 bits per heavy atom. The van der Waals surface area contributed by atoms with Gasteiger partial charge in [0.25, 0.3) is 0 Å². The van der Waals surface area contributed by atoms with Crippen LogP contribution in [-0.4, -0.2) is 56.1 Å². The number of carbonyl (C=O) groups excluding carboxylic acids is 1. The lowest BCUT2D eigenvalue weighted by molar-refractivity contribution is -0.117. The van der Waals surface area contributed by atoms with Crippen LogP contribution in [0, 0.1) is 5.92 Å². The quantitative estimate of drug-likeness (QED) is 0.786. The second-order valence-corrected chi connectivity index (χ2v) is 8.70. The summed E-state index contributed by atoms with van der Waals surface area (Å²) in [6.07, 6.45) is 6.35. The molecule has 1 saturated carbocycles. The Labute approximate surface area is 157 Å². The van der Waals surface area contributed by atoms with Gasteiger partial charge in [0.1, 0.15) is 11.5 Å². The van der Waals surface area contributed by atoms with Crippen LogP contribution in [0.3, 0.4) is 0 Å². The molecule has 0 radical (unpaired) electrons. The van der Waals surface area contributed by atoms with Gasteiger partial charge in [-0.3, -0.25) is 10.1 Å². The summed E-state index contributed by atoms with van der Waals surface area (Å²) in [6, 6.07) is 3.19. The molecule has 7 nitrogen and oxygen atoms in total. The first-order chi connectivity index (χ1) is 12.7. The smallest absolute Gasteiger partial charge is 0.233 e. The van der Waals surface area contributed by atoms with E-state index >= 15 is 0 Å². The molecule has 5 rings (SSSR count). The number of fused-ring (bicyclic) bond motifs is 3. The molecule has 2 saturated heterocycles. The first kappa shape index (κ1) is 16.4. The molecule has 26 heavy (non-hydrogen) atoms. The molecule has 2 bridgehead atoms. The molecule has 2 aromatic rings. The minimum Gasteiger partial charge on any atom is -0.353 e. The van der Waals surface area contributed by atoms with E-state index in [4.69, 9.17) is 4.98 Å². The molecule has 3 aliphatic rings. The van der Waals surface area contributed by atoms with E-state index in [1.165, 1.54) is 12.8 Å². The number of H-pyrrole nitrogens is 1. The molecule has 2 aliphatic heterocycles. The fourth-order valence-corrected chi connectivity index (χ4v) is 5.24. The number of aromatic nitrogens is 3. The highest BCUT2D eigenvalue weighted by atomic mass is 32.2. The Morgan fingerprint density at radius 1 is 1.27 bits per heavy atom. The van der Waals surface area contributed by atoms with Crippen molar-refractivity contribution in [2.75, 3.05) is 29.1 Å². The topological polar surface area (TPSA) is 77.2 Å². The Balaban J connectivity index is 1.44. The minimum atomic E-state index is 0.0473. The summed E-state index contributed by atoms with van der Waals surface area (Å²) in [4.78, 5) is 27.0. The monoisotopic (exact) mass is 372 g/mol. The van der Waals surface area contributed by atoms with E-state index in [2.05, 4.69) is 31.4 Å². The van der Waals surface area contributed by atoms with Crippen molar-refractivity contribution in [3.8, 4) is 0 Å². The van der Waals surface area contributed by atoms with Crippen LogP contribution in [0.25, 0.3) is 11.0 Å². The number of nitrogens with zero attached hydrogens (tertiary/aromatic N) is 4. The lowest BCUT2D eigenvalue weighted by Gasteiger charge is -2.40. The van der Waals surface area contributed by atoms with Gasteiger partial charge in [0.2, 0.25) is 11.9 Å². The summed E-state index contributed by atoms with van der Waals surface area (Å²) in [6.45, 7) is 4.19. The van der Waals surface area contributed by atoms with E-state index in [1.54, 1.807) is 0 Å². The first-order valence-electron chi connectivity index (χ1n) is 9.55. The highest BCUT2D eigenvalue weighted by Gasteiger charge is 2.41. The summed E-state index contributed by atoms with van der Waals surface area (Å²) in [5.74, 6) is 2.68. The standard InChI is InChI=1S/C18H24N6OS/c1-2-26-24-12-5-6-13(24)10-23(9-12)16-14-7-8-19-15(14)20-18(21-16)22-17(25)11-3-4-11/h7-8,11-13H,2-6,9-10H2,1H3,(H2,19,20,21,22,25). The predicted octanol–water partition coefficient (Wildman–Crippen LogP) is 2.63. The molecule has 2 aromatic heterocycles. The van der Waals surface area contributed by atoms with Crippen molar-refractivity contribution in [2.45, 2.75) is 44.7 Å². The highest BCUT2D eigenvalue weighted by molar-refractivity contribution is 7.97. The number of amides is 1. The maximum Gasteiger partial charge on any atom is 0.233 e. The number of aromatic amines is 1. The van der Waals surface area contributed by atoms with Gasteiger partial charge < -0.3 is 9.88 Å². The highest BCUT2D eigenvalue weighted by Crippen LogP contribution is 2.38. The third-order valence-electron chi connectivity index (χ3n) is 5.57. The molecule has 1 amide bonds. The van der Waals surface area contributed by atoms with Crippen molar-refractivity contribution in [2.24, 2.45) is 5.92 Å². The van der Waals surface area contributed by atoms with Gasteiger partial charge in [0.15, 0.2) is 0 Å². The Bertz CT molecular complexity index is 820. The van der Waals surface area contributed by atoms with Crippen molar-refractivity contribution in [3.05, 3.63) is 12.3 Å². The van der Waals surface area contributed by atoms with Crippen molar-refractivity contribution in [1.29, 1.82) is 0 Å². The van der Waals surface area contributed by atoms with E-state index < -0.39 is 0 Å². The Hall–Kier alpha value is -1.80. The summed E-state index contributed by atoms with van der Waals surface area (Å²) >= 11 is 1.97. The first-order valence-corrected chi connectivity index (χ1v) is 10.5. The zero-order valence-corrected chi connectivity index (χ0v) is 15.8. The van der Waals surface area contributed by atoms with E-state index in [1.807, 2.05) is 24.2 Å². The third-order valence-corrected chi connectivity index (χ3v) is 6.72. The molecule has 0 spiro atoms. The lowest BCUT2D eigenvalue weighted by Crippen LogP contribution is -2.51.